The molecule has 1 fully saturated rings. The Bertz CT molecular complexity index is 937. The fourth-order valence-corrected chi connectivity index (χ4v) is 3.90. The van der Waals surface area contributed by atoms with E-state index in [4.69, 9.17) is 5.73 Å². The van der Waals surface area contributed by atoms with Crippen LogP contribution in [-0.4, -0.2) is 11.0 Å². The van der Waals surface area contributed by atoms with Crippen molar-refractivity contribution in [2.24, 2.45) is 0 Å². The lowest BCUT2D eigenvalue weighted by molar-refractivity contribution is -0.138. The van der Waals surface area contributed by atoms with Gasteiger partial charge in [-0.05, 0) is 29.2 Å². The highest BCUT2D eigenvalue weighted by molar-refractivity contribution is 7.13. The van der Waals surface area contributed by atoms with E-state index in [-0.39, 0.29) is 12.0 Å². The van der Waals surface area contributed by atoms with Crippen molar-refractivity contribution < 1.29 is 13.2 Å². The Balaban J connectivity index is 1.54. The molecule has 7 heteroatoms. The number of nitrogens with one attached hydrogen (secondary N) is 1. The van der Waals surface area contributed by atoms with Crippen molar-refractivity contribution in [2.45, 2.75) is 31.1 Å². The Morgan fingerprint density at radius 1 is 1.11 bits per heavy atom. The second kappa shape index (κ2) is 6.98. The molecule has 0 aliphatic heterocycles. The van der Waals surface area contributed by atoms with Gasteiger partial charge in [0.25, 0.3) is 0 Å². The lowest BCUT2D eigenvalue weighted by Gasteiger charge is -2.15. The molecule has 1 aromatic heterocycles. The van der Waals surface area contributed by atoms with Gasteiger partial charge in [-0.3, -0.25) is 0 Å². The minimum atomic E-state index is -4.38. The van der Waals surface area contributed by atoms with Crippen LogP contribution in [0, 0.1) is 0 Å². The second-order valence-corrected chi connectivity index (χ2v) is 7.56. The fraction of sp³-hybridized carbons (Fsp3) is 0.250. The van der Waals surface area contributed by atoms with Crippen LogP contribution in [-0.2, 0) is 12.7 Å². The molecule has 0 radical (unpaired) electrons. The van der Waals surface area contributed by atoms with E-state index < -0.39 is 11.7 Å². The van der Waals surface area contributed by atoms with E-state index in [0.717, 1.165) is 11.3 Å². The van der Waals surface area contributed by atoms with Crippen LogP contribution < -0.4 is 11.1 Å². The third-order valence-corrected chi connectivity index (χ3v) is 5.49. The van der Waals surface area contributed by atoms with Crippen molar-refractivity contribution in [1.29, 1.82) is 0 Å². The number of hydrogen-bond donors (Lipinski definition) is 2. The van der Waals surface area contributed by atoms with Gasteiger partial charge in [0.1, 0.15) is 0 Å². The number of hydrogen-bond acceptors (Lipinski definition) is 4. The smallest absolute Gasteiger partial charge is 0.375 e. The molecule has 2 aromatic carbocycles. The largest absolute Gasteiger partial charge is 0.416 e. The van der Waals surface area contributed by atoms with Crippen molar-refractivity contribution in [1.82, 2.24) is 10.3 Å². The summed E-state index contributed by atoms with van der Waals surface area (Å²) < 4.78 is 41.0. The average Bonchev–Trinajstić information content (AvgIpc) is 3.31. The summed E-state index contributed by atoms with van der Waals surface area (Å²) in [6.07, 6.45) is -3.69. The van der Waals surface area contributed by atoms with Crippen molar-refractivity contribution in [3.8, 4) is 11.1 Å². The molecule has 2 unspecified atom stereocenters. The molecule has 0 saturated heterocycles. The van der Waals surface area contributed by atoms with Gasteiger partial charge in [0.05, 0.1) is 11.3 Å². The normalized spacial score (nSPS) is 19.2. The first-order chi connectivity index (χ1) is 12.9. The van der Waals surface area contributed by atoms with E-state index in [1.165, 1.54) is 17.4 Å². The van der Waals surface area contributed by atoms with Crippen molar-refractivity contribution in [2.75, 3.05) is 5.73 Å². The van der Waals surface area contributed by atoms with Gasteiger partial charge in [-0.25, -0.2) is 4.98 Å². The second-order valence-electron chi connectivity index (χ2n) is 6.67. The summed E-state index contributed by atoms with van der Waals surface area (Å²) in [4.78, 5) is 4.16. The van der Waals surface area contributed by atoms with Crippen LogP contribution in [0.4, 0.5) is 18.3 Å². The van der Waals surface area contributed by atoms with Crippen LogP contribution >= 0.6 is 11.3 Å². The predicted molar refractivity (Wildman–Crippen MR) is 101 cm³/mol. The van der Waals surface area contributed by atoms with E-state index in [9.17, 15) is 13.2 Å². The summed E-state index contributed by atoms with van der Waals surface area (Å²) in [5.41, 5.74) is 7.59. The van der Waals surface area contributed by atoms with Crippen LogP contribution in [0.15, 0.2) is 53.9 Å². The predicted octanol–water partition coefficient (Wildman–Crippen LogP) is 5.06. The summed E-state index contributed by atoms with van der Waals surface area (Å²) >= 11 is 1.36. The molecule has 0 spiro atoms. The maximum atomic E-state index is 13.7. The Labute approximate surface area is 159 Å². The summed E-state index contributed by atoms with van der Waals surface area (Å²) in [6.45, 7) is 0.512. The van der Waals surface area contributed by atoms with E-state index in [2.05, 4.69) is 10.3 Å². The average molecular weight is 389 g/mol. The molecule has 1 aliphatic carbocycles. The van der Waals surface area contributed by atoms with Gasteiger partial charge in [-0.1, -0.05) is 42.5 Å². The highest BCUT2D eigenvalue weighted by atomic mass is 32.1. The quantitative estimate of drug-likeness (QED) is 0.642. The molecule has 140 valence electrons. The minimum Gasteiger partial charge on any atom is -0.375 e. The molecule has 3 nitrogen and oxygen atoms in total. The first-order valence-corrected chi connectivity index (χ1v) is 9.49. The number of nitrogens with zero attached hydrogens (tertiary/aromatic N) is 1. The number of anilines is 1. The van der Waals surface area contributed by atoms with Crippen molar-refractivity contribution in [3.63, 3.8) is 0 Å². The number of thiazole rings is 1. The molecule has 1 heterocycles. The first-order valence-electron chi connectivity index (χ1n) is 8.61. The molecule has 0 bridgehead atoms. The molecule has 4 rings (SSSR count). The maximum Gasteiger partial charge on any atom is 0.416 e. The van der Waals surface area contributed by atoms with E-state index in [0.29, 0.717) is 29.2 Å². The maximum absolute atomic E-state index is 13.7. The van der Waals surface area contributed by atoms with Gasteiger partial charge in [0.2, 0.25) is 0 Å². The fourth-order valence-electron chi connectivity index (χ4n) is 3.34. The van der Waals surface area contributed by atoms with Crippen LogP contribution in [0.5, 0.6) is 0 Å². The summed E-state index contributed by atoms with van der Waals surface area (Å²) in [5.74, 6) is -0.137. The number of nitrogen functional groups attached to an aromatic ring is 1. The number of nitrogens with two attached hydrogens (primary N) is 1. The molecular formula is C20H18F3N3S. The van der Waals surface area contributed by atoms with Gasteiger partial charge in [0.15, 0.2) is 5.13 Å². The zero-order valence-corrected chi connectivity index (χ0v) is 15.1. The third-order valence-electron chi connectivity index (χ3n) is 4.77. The standard InChI is InChI=1S/C20H18F3N3S/c21-20(22,23)17-8-13(12-4-2-1-3-5-12)6-7-15(17)16-9-18(16)25-10-14-11-27-19(24)26-14/h1-8,11,16,18,25H,9-10H2,(H2,24,26). The molecular weight excluding hydrogens is 371 g/mol. The van der Waals surface area contributed by atoms with Gasteiger partial charge in [0, 0.05) is 23.9 Å². The Kier molecular flexibility index (Phi) is 4.65. The number of benzene rings is 2. The zero-order valence-electron chi connectivity index (χ0n) is 14.3. The topological polar surface area (TPSA) is 50.9 Å². The van der Waals surface area contributed by atoms with Gasteiger partial charge in [-0.2, -0.15) is 13.2 Å². The molecule has 27 heavy (non-hydrogen) atoms. The van der Waals surface area contributed by atoms with Crippen LogP contribution in [0.1, 0.15) is 29.2 Å². The van der Waals surface area contributed by atoms with E-state index in [1.807, 2.05) is 35.7 Å². The Morgan fingerprint density at radius 2 is 1.89 bits per heavy atom. The monoisotopic (exact) mass is 389 g/mol. The highest BCUT2D eigenvalue weighted by Crippen LogP contribution is 2.47. The van der Waals surface area contributed by atoms with Gasteiger partial charge < -0.3 is 11.1 Å². The summed E-state index contributed by atoms with van der Waals surface area (Å²) in [6, 6.07) is 13.8. The van der Waals surface area contributed by atoms with Gasteiger partial charge in [-0.15, -0.1) is 11.3 Å². The van der Waals surface area contributed by atoms with E-state index in [1.54, 1.807) is 12.1 Å². The minimum absolute atomic E-state index is 0.0246. The summed E-state index contributed by atoms with van der Waals surface area (Å²) in [7, 11) is 0. The molecule has 1 aliphatic rings. The molecule has 3 N–H and O–H groups in total. The first kappa shape index (κ1) is 18.0. The Morgan fingerprint density at radius 3 is 2.56 bits per heavy atom. The highest BCUT2D eigenvalue weighted by Gasteiger charge is 2.44. The number of aromatic nitrogens is 1. The zero-order chi connectivity index (χ0) is 19.0. The lowest BCUT2D eigenvalue weighted by Crippen LogP contribution is -2.18. The molecule has 0 amide bonds. The van der Waals surface area contributed by atoms with Crippen LogP contribution in [0.2, 0.25) is 0 Å². The summed E-state index contributed by atoms with van der Waals surface area (Å²) in [5, 5.41) is 5.63. The lowest BCUT2D eigenvalue weighted by atomic mass is 9.96. The van der Waals surface area contributed by atoms with Crippen molar-refractivity contribution in [3.05, 3.63) is 70.7 Å². The molecule has 1 saturated carbocycles. The molecule has 2 atom stereocenters. The van der Waals surface area contributed by atoms with E-state index >= 15 is 0 Å². The van der Waals surface area contributed by atoms with Crippen LogP contribution in [0.3, 0.4) is 0 Å². The number of rotatable bonds is 5. The Hall–Kier alpha value is -2.38. The van der Waals surface area contributed by atoms with Gasteiger partial charge >= 0.3 is 6.18 Å². The SMILES string of the molecule is Nc1nc(CNC2CC2c2ccc(-c3ccccc3)cc2C(F)(F)F)cs1. The van der Waals surface area contributed by atoms with Crippen LogP contribution in [0.25, 0.3) is 11.1 Å². The van der Waals surface area contributed by atoms with Crippen molar-refractivity contribution >= 4 is 16.5 Å². The molecule has 3 aromatic rings. The third kappa shape index (κ3) is 3.99. The number of halogens is 3. The number of alkyl halides is 3.